The lowest BCUT2D eigenvalue weighted by Crippen LogP contribution is -2.41. The summed E-state index contributed by atoms with van der Waals surface area (Å²) in [6, 6.07) is 1.82. The van der Waals surface area contributed by atoms with Crippen molar-refractivity contribution in [3.05, 3.63) is 16.9 Å². The third kappa shape index (κ3) is 2.21. The number of nitrogen functional groups attached to an aromatic ring is 1. The van der Waals surface area contributed by atoms with Gasteiger partial charge in [-0.15, -0.1) is 0 Å². The van der Waals surface area contributed by atoms with Gasteiger partial charge in [-0.2, -0.15) is 0 Å². The van der Waals surface area contributed by atoms with Crippen LogP contribution in [0.2, 0.25) is 0 Å². The molecular formula is C11H16BBrN2O2. The lowest BCUT2D eigenvalue weighted by Gasteiger charge is -2.32. The highest BCUT2D eigenvalue weighted by molar-refractivity contribution is 9.10. The van der Waals surface area contributed by atoms with Gasteiger partial charge in [0.05, 0.1) is 17.4 Å². The number of aromatic nitrogens is 1. The van der Waals surface area contributed by atoms with Crippen LogP contribution >= 0.6 is 15.9 Å². The molecule has 0 radical (unpaired) electrons. The number of rotatable bonds is 1. The normalized spacial score (nSPS) is 21.8. The SMILES string of the molecule is CC1(C)OB(c2cc(N)cnc2Br)OC1(C)C. The topological polar surface area (TPSA) is 57.4 Å². The van der Waals surface area contributed by atoms with Crippen molar-refractivity contribution in [1.29, 1.82) is 0 Å². The zero-order valence-corrected chi connectivity index (χ0v) is 12.0. The quantitative estimate of drug-likeness (QED) is 0.634. The van der Waals surface area contributed by atoms with Crippen molar-refractivity contribution in [3.63, 3.8) is 0 Å². The van der Waals surface area contributed by atoms with Crippen LogP contribution in [-0.4, -0.2) is 23.3 Å². The van der Waals surface area contributed by atoms with Gasteiger partial charge in [-0.05, 0) is 49.7 Å². The number of anilines is 1. The van der Waals surface area contributed by atoms with Crippen LogP contribution < -0.4 is 11.2 Å². The highest BCUT2D eigenvalue weighted by Crippen LogP contribution is 2.36. The second kappa shape index (κ2) is 3.97. The number of nitrogens with two attached hydrogens (primary N) is 1. The zero-order valence-electron chi connectivity index (χ0n) is 10.5. The standard InChI is InChI=1S/C11H16BBrN2O2/c1-10(2)11(3,4)17-12(16-10)8-5-7(14)6-15-9(8)13/h5-6H,14H2,1-4H3. The number of nitrogens with zero attached hydrogens (tertiary/aromatic N) is 1. The van der Waals surface area contributed by atoms with Crippen molar-refractivity contribution in [3.8, 4) is 0 Å². The molecular weight excluding hydrogens is 283 g/mol. The summed E-state index contributed by atoms with van der Waals surface area (Å²) < 4.78 is 12.6. The lowest BCUT2D eigenvalue weighted by molar-refractivity contribution is 0.00578. The Kier molecular flexibility index (Phi) is 3.00. The zero-order chi connectivity index (χ0) is 12.8. The van der Waals surface area contributed by atoms with Gasteiger partial charge >= 0.3 is 7.12 Å². The van der Waals surface area contributed by atoms with Crippen LogP contribution in [0.15, 0.2) is 16.9 Å². The van der Waals surface area contributed by atoms with Crippen LogP contribution in [0.1, 0.15) is 27.7 Å². The summed E-state index contributed by atoms with van der Waals surface area (Å²) in [7, 11) is -0.439. The summed E-state index contributed by atoms with van der Waals surface area (Å²) in [6.45, 7) is 8.06. The first-order chi connectivity index (χ1) is 7.73. The van der Waals surface area contributed by atoms with Gasteiger partial charge in [-0.1, -0.05) is 0 Å². The first-order valence-corrected chi connectivity index (χ1v) is 6.29. The first-order valence-electron chi connectivity index (χ1n) is 5.49. The summed E-state index contributed by atoms with van der Waals surface area (Å²) in [4.78, 5) is 4.15. The summed E-state index contributed by atoms with van der Waals surface area (Å²) >= 11 is 3.39. The average molecular weight is 299 g/mol. The molecule has 0 aromatic carbocycles. The van der Waals surface area contributed by atoms with Gasteiger partial charge in [0.25, 0.3) is 0 Å². The summed E-state index contributed by atoms with van der Waals surface area (Å²) in [5.41, 5.74) is 6.44. The van der Waals surface area contributed by atoms with E-state index in [0.29, 0.717) is 10.3 Å². The Morgan fingerprint density at radius 1 is 1.24 bits per heavy atom. The first kappa shape index (κ1) is 12.9. The predicted molar refractivity (Wildman–Crippen MR) is 72.1 cm³/mol. The third-order valence-electron chi connectivity index (χ3n) is 3.39. The fraction of sp³-hybridized carbons (Fsp3) is 0.545. The van der Waals surface area contributed by atoms with Gasteiger partial charge in [0, 0.05) is 11.2 Å². The van der Waals surface area contributed by atoms with Crippen molar-refractivity contribution in [1.82, 2.24) is 4.98 Å². The Hall–Kier alpha value is -0.585. The second-order valence-electron chi connectivity index (χ2n) is 5.24. The molecule has 2 rings (SSSR count). The third-order valence-corrected chi connectivity index (χ3v) is 4.06. The molecule has 0 saturated carbocycles. The molecule has 1 aliphatic rings. The Morgan fingerprint density at radius 3 is 2.29 bits per heavy atom. The highest BCUT2D eigenvalue weighted by Gasteiger charge is 2.52. The van der Waals surface area contributed by atoms with Crippen molar-refractivity contribution < 1.29 is 9.31 Å². The van der Waals surface area contributed by atoms with E-state index in [-0.39, 0.29) is 11.2 Å². The van der Waals surface area contributed by atoms with Crippen LogP contribution in [0.3, 0.4) is 0 Å². The highest BCUT2D eigenvalue weighted by atomic mass is 79.9. The molecule has 1 aliphatic heterocycles. The van der Waals surface area contributed by atoms with E-state index in [1.165, 1.54) is 0 Å². The molecule has 1 fully saturated rings. The maximum absolute atomic E-state index is 5.94. The van der Waals surface area contributed by atoms with Gasteiger partial charge in [0.1, 0.15) is 4.60 Å². The number of halogens is 1. The minimum atomic E-state index is -0.439. The van der Waals surface area contributed by atoms with E-state index in [0.717, 1.165) is 5.46 Å². The molecule has 0 spiro atoms. The van der Waals surface area contributed by atoms with Gasteiger partial charge in [-0.3, -0.25) is 0 Å². The summed E-state index contributed by atoms with van der Waals surface area (Å²) in [5, 5.41) is 0. The molecule has 2 N–H and O–H groups in total. The second-order valence-corrected chi connectivity index (χ2v) is 5.99. The van der Waals surface area contributed by atoms with E-state index in [2.05, 4.69) is 20.9 Å². The monoisotopic (exact) mass is 298 g/mol. The smallest absolute Gasteiger partial charge is 0.399 e. The number of pyridine rings is 1. The number of hydrogen-bond acceptors (Lipinski definition) is 4. The fourth-order valence-electron chi connectivity index (χ4n) is 1.62. The Morgan fingerprint density at radius 2 is 1.76 bits per heavy atom. The molecule has 2 heterocycles. The van der Waals surface area contributed by atoms with Crippen LogP contribution in [-0.2, 0) is 9.31 Å². The fourth-order valence-corrected chi connectivity index (χ4v) is 2.02. The average Bonchev–Trinajstić information content (AvgIpc) is 2.40. The van der Waals surface area contributed by atoms with Crippen LogP contribution in [0.5, 0.6) is 0 Å². The lowest BCUT2D eigenvalue weighted by atomic mass is 9.80. The Balaban J connectivity index is 2.35. The minimum absolute atomic E-state index is 0.359. The molecule has 1 aromatic heterocycles. The van der Waals surface area contributed by atoms with Gasteiger partial charge in [-0.25, -0.2) is 4.98 Å². The summed E-state index contributed by atoms with van der Waals surface area (Å²) in [6.07, 6.45) is 1.60. The molecule has 1 saturated heterocycles. The van der Waals surface area contributed by atoms with E-state index >= 15 is 0 Å². The maximum atomic E-state index is 5.94. The molecule has 17 heavy (non-hydrogen) atoms. The largest absolute Gasteiger partial charge is 0.497 e. The molecule has 1 aromatic rings. The van der Waals surface area contributed by atoms with E-state index in [9.17, 15) is 0 Å². The Bertz CT molecular complexity index is 435. The van der Waals surface area contributed by atoms with Crippen molar-refractivity contribution in [2.75, 3.05) is 5.73 Å². The Labute approximate surface area is 110 Å². The van der Waals surface area contributed by atoms with Crippen LogP contribution in [0.4, 0.5) is 5.69 Å². The molecule has 0 aliphatic carbocycles. The molecule has 92 valence electrons. The van der Waals surface area contributed by atoms with Crippen LogP contribution in [0, 0.1) is 0 Å². The van der Waals surface area contributed by atoms with Crippen molar-refractivity contribution >= 4 is 34.2 Å². The summed E-state index contributed by atoms with van der Waals surface area (Å²) in [5.74, 6) is 0. The minimum Gasteiger partial charge on any atom is -0.399 e. The van der Waals surface area contributed by atoms with Crippen LogP contribution in [0.25, 0.3) is 0 Å². The van der Waals surface area contributed by atoms with E-state index < -0.39 is 7.12 Å². The van der Waals surface area contributed by atoms with E-state index in [1.54, 1.807) is 6.20 Å². The number of hydrogen-bond donors (Lipinski definition) is 1. The van der Waals surface area contributed by atoms with E-state index in [1.807, 2.05) is 33.8 Å². The molecule has 0 amide bonds. The van der Waals surface area contributed by atoms with Gasteiger partial charge < -0.3 is 15.0 Å². The molecule has 0 unspecified atom stereocenters. The maximum Gasteiger partial charge on any atom is 0.497 e. The molecule has 0 atom stereocenters. The van der Waals surface area contributed by atoms with E-state index in [4.69, 9.17) is 15.0 Å². The molecule has 0 bridgehead atoms. The van der Waals surface area contributed by atoms with Crippen molar-refractivity contribution in [2.45, 2.75) is 38.9 Å². The predicted octanol–water partition coefficient (Wildman–Crippen LogP) is 1.73. The molecule has 4 nitrogen and oxygen atoms in total. The van der Waals surface area contributed by atoms with Gasteiger partial charge in [0.2, 0.25) is 0 Å². The molecule has 6 heteroatoms. The van der Waals surface area contributed by atoms with Crippen molar-refractivity contribution in [2.24, 2.45) is 0 Å². The van der Waals surface area contributed by atoms with Gasteiger partial charge in [0.15, 0.2) is 0 Å².